The monoisotopic (exact) mass is 342 g/mol. The van der Waals surface area contributed by atoms with Crippen molar-refractivity contribution in [3.8, 4) is 0 Å². The summed E-state index contributed by atoms with van der Waals surface area (Å²) in [5.41, 5.74) is 3.42. The summed E-state index contributed by atoms with van der Waals surface area (Å²) in [5, 5.41) is 3.03. The van der Waals surface area contributed by atoms with Crippen molar-refractivity contribution in [3.05, 3.63) is 59.7 Å². The second-order valence-corrected chi connectivity index (χ2v) is 7.52. The Morgan fingerprint density at radius 3 is 2.62 bits per heavy atom. The van der Waals surface area contributed by atoms with Crippen molar-refractivity contribution in [2.45, 2.75) is 18.6 Å². The van der Waals surface area contributed by atoms with Gasteiger partial charge < -0.3 is 10.2 Å². The highest BCUT2D eigenvalue weighted by atomic mass is 32.2. The molecule has 4 nitrogen and oxygen atoms in total. The van der Waals surface area contributed by atoms with Crippen LogP contribution in [-0.2, 0) is 16.6 Å². The summed E-state index contributed by atoms with van der Waals surface area (Å²) in [4.78, 5) is 14.9. The maximum Gasteiger partial charge on any atom is 0.255 e. The molecule has 0 radical (unpaired) electrons. The molecule has 1 saturated heterocycles. The lowest BCUT2D eigenvalue weighted by molar-refractivity contribution is 0.102. The molecule has 0 aliphatic carbocycles. The Hall–Kier alpha value is -2.14. The predicted molar refractivity (Wildman–Crippen MR) is 100 cm³/mol. The minimum Gasteiger partial charge on any atom is -0.370 e. The normalized spacial score (nSPS) is 15.3. The highest BCUT2D eigenvalue weighted by Gasteiger charge is 2.17. The summed E-state index contributed by atoms with van der Waals surface area (Å²) in [6.45, 7) is 2.06. The molecule has 126 valence electrons. The first-order valence-electron chi connectivity index (χ1n) is 8.18. The van der Waals surface area contributed by atoms with E-state index >= 15 is 0 Å². The van der Waals surface area contributed by atoms with Gasteiger partial charge in [0.1, 0.15) is 0 Å². The lowest BCUT2D eigenvalue weighted by atomic mass is 10.1. The van der Waals surface area contributed by atoms with E-state index in [0.29, 0.717) is 11.3 Å². The molecule has 24 heavy (non-hydrogen) atoms. The zero-order valence-corrected chi connectivity index (χ0v) is 14.6. The number of nitrogens with zero attached hydrogens (tertiary/aromatic N) is 1. The summed E-state index contributed by atoms with van der Waals surface area (Å²) in [6.07, 6.45) is 4.05. The molecule has 1 amide bonds. The van der Waals surface area contributed by atoms with Crippen molar-refractivity contribution in [1.29, 1.82) is 0 Å². The van der Waals surface area contributed by atoms with E-state index in [2.05, 4.69) is 16.3 Å². The SMILES string of the molecule is CS(=O)Cc1cccc(C(=O)Nc2ccccc2N2CCCC2)c1. The Balaban J connectivity index is 1.79. The molecule has 1 N–H and O–H groups in total. The number of carbonyl (C=O) groups excluding carboxylic acids is 1. The molecule has 0 spiro atoms. The van der Waals surface area contributed by atoms with Gasteiger partial charge in [-0.1, -0.05) is 24.3 Å². The molecule has 1 fully saturated rings. The van der Waals surface area contributed by atoms with E-state index in [1.54, 1.807) is 12.3 Å². The standard InChI is InChI=1S/C19H22N2O2S/c1-24(23)14-15-7-6-8-16(13-15)19(22)20-17-9-2-3-10-18(17)21-11-4-5-12-21/h2-3,6-10,13H,4-5,11-12,14H2,1H3,(H,20,22). The minimum atomic E-state index is -0.920. The maximum absolute atomic E-state index is 12.6. The summed E-state index contributed by atoms with van der Waals surface area (Å²) < 4.78 is 11.4. The van der Waals surface area contributed by atoms with Crippen LogP contribution in [0.1, 0.15) is 28.8 Å². The highest BCUT2D eigenvalue weighted by Crippen LogP contribution is 2.29. The summed E-state index contributed by atoms with van der Waals surface area (Å²) in [6, 6.07) is 15.3. The number of anilines is 2. The summed E-state index contributed by atoms with van der Waals surface area (Å²) in [5.74, 6) is 0.330. The van der Waals surface area contributed by atoms with Gasteiger partial charge in [0.2, 0.25) is 0 Å². The first-order valence-corrected chi connectivity index (χ1v) is 9.90. The van der Waals surface area contributed by atoms with E-state index in [0.717, 1.165) is 30.0 Å². The Bertz CT molecular complexity index is 755. The maximum atomic E-state index is 12.6. The number of hydrogen-bond donors (Lipinski definition) is 1. The van der Waals surface area contributed by atoms with Gasteiger partial charge >= 0.3 is 0 Å². The molecule has 0 bridgehead atoms. The molecular formula is C19H22N2O2S. The summed E-state index contributed by atoms with van der Waals surface area (Å²) >= 11 is 0. The second kappa shape index (κ2) is 7.62. The van der Waals surface area contributed by atoms with Crippen LogP contribution in [0.3, 0.4) is 0 Å². The molecule has 3 rings (SSSR count). The lowest BCUT2D eigenvalue weighted by Crippen LogP contribution is -2.21. The number of amides is 1. The van der Waals surface area contributed by atoms with Gasteiger partial charge in [-0.25, -0.2) is 0 Å². The molecule has 5 heteroatoms. The lowest BCUT2D eigenvalue weighted by Gasteiger charge is -2.21. The van der Waals surface area contributed by atoms with E-state index in [4.69, 9.17) is 0 Å². The molecular weight excluding hydrogens is 320 g/mol. The van der Waals surface area contributed by atoms with Gasteiger partial charge in [0.15, 0.2) is 0 Å². The third-order valence-corrected chi connectivity index (χ3v) is 4.90. The second-order valence-electron chi connectivity index (χ2n) is 6.08. The quantitative estimate of drug-likeness (QED) is 0.906. The van der Waals surface area contributed by atoms with Crippen molar-refractivity contribution in [3.63, 3.8) is 0 Å². The summed E-state index contributed by atoms with van der Waals surface area (Å²) in [7, 11) is -0.920. The first-order chi connectivity index (χ1) is 11.6. The van der Waals surface area contributed by atoms with Crippen LogP contribution < -0.4 is 10.2 Å². The largest absolute Gasteiger partial charge is 0.370 e. The predicted octanol–water partition coefficient (Wildman–Crippen LogP) is 3.42. The van der Waals surface area contributed by atoms with Crippen molar-refractivity contribution >= 4 is 28.1 Å². The van der Waals surface area contributed by atoms with E-state index in [-0.39, 0.29) is 5.91 Å². The molecule has 1 aliphatic rings. The molecule has 0 aromatic heterocycles. The van der Waals surface area contributed by atoms with Gasteiger partial charge in [-0.2, -0.15) is 0 Å². The van der Waals surface area contributed by atoms with Crippen molar-refractivity contribution in [1.82, 2.24) is 0 Å². The Labute approximate surface area is 145 Å². The molecule has 1 aliphatic heterocycles. The Morgan fingerprint density at radius 1 is 1.12 bits per heavy atom. The van der Waals surface area contributed by atoms with Crippen LogP contribution in [0.2, 0.25) is 0 Å². The van der Waals surface area contributed by atoms with E-state index in [9.17, 15) is 9.00 Å². The average molecular weight is 342 g/mol. The fourth-order valence-electron chi connectivity index (χ4n) is 3.04. The molecule has 0 saturated carbocycles. The fourth-order valence-corrected chi connectivity index (χ4v) is 3.69. The van der Waals surface area contributed by atoms with Crippen LogP contribution in [-0.4, -0.2) is 29.5 Å². The van der Waals surface area contributed by atoms with Gasteiger partial charge in [0, 0.05) is 41.5 Å². The smallest absolute Gasteiger partial charge is 0.255 e. The van der Waals surface area contributed by atoms with Gasteiger partial charge in [-0.15, -0.1) is 0 Å². The average Bonchev–Trinajstić information content (AvgIpc) is 3.09. The fraction of sp³-hybridized carbons (Fsp3) is 0.316. The number of nitrogens with one attached hydrogen (secondary N) is 1. The van der Waals surface area contributed by atoms with E-state index in [1.807, 2.05) is 36.4 Å². The van der Waals surface area contributed by atoms with Gasteiger partial charge in [-0.3, -0.25) is 9.00 Å². The van der Waals surface area contributed by atoms with Crippen LogP contribution in [0.25, 0.3) is 0 Å². The van der Waals surface area contributed by atoms with Crippen LogP contribution in [0, 0.1) is 0 Å². The van der Waals surface area contributed by atoms with Gasteiger partial charge in [-0.05, 0) is 42.7 Å². The Morgan fingerprint density at radius 2 is 1.88 bits per heavy atom. The van der Waals surface area contributed by atoms with Gasteiger partial charge in [0.25, 0.3) is 5.91 Å². The number of benzene rings is 2. The zero-order chi connectivity index (χ0) is 16.9. The number of hydrogen-bond acceptors (Lipinski definition) is 3. The zero-order valence-electron chi connectivity index (χ0n) is 13.8. The van der Waals surface area contributed by atoms with Crippen molar-refractivity contribution in [2.75, 3.05) is 29.6 Å². The van der Waals surface area contributed by atoms with Gasteiger partial charge in [0.05, 0.1) is 11.4 Å². The van der Waals surface area contributed by atoms with E-state index < -0.39 is 10.8 Å². The third-order valence-electron chi connectivity index (χ3n) is 4.16. The van der Waals surface area contributed by atoms with Crippen LogP contribution in [0.5, 0.6) is 0 Å². The first kappa shape index (κ1) is 16.7. The van der Waals surface area contributed by atoms with Crippen LogP contribution >= 0.6 is 0 Å². The number of para-hydroxylation sites is 2. The molecule has 1 heterocycles. The third kappa shape index (κ3) is 4.03. The van der Waals surface area contributed by atoms with Crippen LogP contribution in [0.4, 0.5) is 11.4 Å². The van der Waals surface area contributed by atoms with Crippen LogP contribution in [0.15, 0.2) is 48.5 Å². The molecule has 2 aromatic rings. The topological polar surface area (TPSA) is 49.4 Å². The molecule has 1 unspecified atom stereocenters. The highest BCUT2D eigenvalue weighted by molar-refractivity contribution is 7.83. The van der Waals surface area contributed by atoms with Crippen molar-refractivity contribution < 1.29 is 9.00 Å². The minimum absolute atomic E-state index is 0.134. The number of carbonyl (C=O) groups is 1. The van der Waals surface area contributed by atoms with Crippen molar-refractivity contribution in [2.24, 2.45) is 0 Å². The molecule has 1 atom stereocenters. The molecule has 2 aromatic carbocycles. The number of rotatable bonds is 5. The van der Waals surface area contributed by atoms with E-state index in [1.165, 1.54) is 12.8 Å². The Kier molecular flexibility index (Phi) is 5.30.